The van der Waals surface area contributed by atoms with Gasteiger partial charge in [-0.05, 0) is 36.4 Å². The molecule has 0 radical (unpaired) electrons. The summed E-state index contributed by atoms with van der Waals surface area (Å²) in [5, 5.41) is 11.3. The highest BCUT2D eigenvalue weighted by molar-refractivity contribution is 9.10. The molecule has 0 aliphatic heterocycles. The Morgan fingerprint density at radius 1 is 1.05 bits per heavy atom. The van der Waals surface area contributed by atoms with E-state index in [4.69, 9.17) is 5.11 Å². The van der Waals surface area contributed by atoms with Crippen molar-refractivity contribution in [2.75, 3.05) is 5.32 Å². The summed E-state index contributed by atoms with van der Waals surface area (Å²) in [7, 11) is 0. The van der Waals surface area contributed by atoms with Crippen LogP contribution >= 0.6 is 15.9 Å². The first-order valence-corrected chi connectivity index (χ1v) is 6.47. The van der Waals surface area contributed by atoms with E-state index in [1.54, 1.807) is 0 Å². The minimum absolute atomic E-state index is 0.0145. The Morgan fingerprint density at radius 2 is 1.76 bits per heavy atom. The van der Waals surface area contributed by atoms with Crippen molar-refractivity contribution in [3.8, 4) is 0 Å². The lowest BCUT2D eigenvalue weighted by atomic mass is 10.1. The summed E-state index contributed by atoms with van der Waals surface area (Å²) in [6, 6.07) is 6.61. The molecule has 0 heterocycles. The van der Waals surface area contributed by atoms with Crippen molar-refractivity contribution in [2.45, 2.75) is 0 Å². The van der Waals surface area contributed by atoms with Crippen molar-refractivity contribution in [1.82, 2.24) is 0 Å². The second-order valence-electron chi connectivity index (χ2n) is 4.07. The number of rotatable bonds is 3. The number of hydrogen-bond acceptors (Lipinski definition) is 2. The molecule has 0 saturated carbocycles. The molecule has 0 unspecified atom stereocenters. The van der Waals surface area contributed by atoms with Crippen molar-refractivity contribution < 1.29 is 23.5 Å². The summed E-state index contributed by atoms with van der Waals surface area (Å²) in [6.45, 7) is 0. The standard InChI is InChI=1S/C14H8BrF2NO3/c15-7-1-4-12(10(5-7)14(20)21)18-13(19)9-6-8(16)2-3-11(9)17/h1-6H,(H,18,19)(H,20,21). The molecule has 108 valence electrons. The van der Waals surface area contributed by atoms with E-state index in [0.717, 1.165) is 18.2 Å². The summed E-state index contributed by atoms with van der Waals surface area (Å²) in [5.74, 6) is -3.86. The van der Waals surface area contributed by atoms with E-state index in [1.807, 2.05) is 0 Å². The monoisotopic (exact) mass is 355 g/mol. The quantitative estimate of drug-likeness (QED) is 0.882. The Bertz CT molecular complexity index is 734. The summed E-state index contributed by atoms with van der Waals surface area (Å²) in [4.78, 5) is 23.0. The van der Waals surface area contributed by atoms with Crippen LogP contribution in [0.2, 0.25) is 0 Å². The number of hydrogen-bond donors (Lipinski definition) is 2. The Balaban J connectivity index is 2.36. The first-order valence-electron chi connectivity index (χ1n) is 5.67. The van der Waals surface area contributed by atoms with Crippen LogP contribution in [0.1, 0.15) is 20.7 Å². The van der Waals surface area contributed by atoms with Gasteiger partial charge in [-0.25, -0.2) is 13.6 Å². The number of carboxylic acid groups (broad SMARTS) is 1. The van der Waals surface area contributed by atoms with Crippen molar-refractivity contribution in [3.05, 3.63) is 63.6 Å². The van der Waals surface area contributed by atoms with Crippen molar-refractivity contribution in [2.24, 2.45) is 0 Å². The summed E-state index contributed by atoms with van der Waals surface area (Å²) in [5.41, 5.74) is -0.692. The molecule has 0 aliphatic carbocycles. The molecule has 0 saturated heterocycles. The molecule has 2 aromatic carbocycles. The molecule has 2 rings (SSSR count). The van der Waals surface area contributed by atoms with E-state index in [9.17, 15) is 18.4 Å². The third kappa shape index (κ3) is 3.43. The van der Waals surface area contributed by atoms with E-state index in [2.05, 4.69) is 21.2 Å². The normalized spacial score (nSPS) is 10.2. The Hall–Kier alpha value is -2.28. The van der Waals surface area contributed by atoms with Gasteiger partial charge in [0.25, 0.3) is 5.91 Å². The number of anilines is 1. The molecule has 0 aromatic heterocycles. The molecule has 0 fully saturated rings. The molecule has 4 nitrogen and oxygen atoms in total. The van der Waals surface area contributed by atoms with Gasteiger partial charge in [0.05, 0.1) is 16.8 Å². The predicted molar refractivity (Wildman–Crippen MR) is 75.4 cm³/mol. The first-order chi connectivity index (χ1) is 9.88. The average Bonchev–Trinajstić information content (AvgIpc) is 2.43. The first kappa shape index (κ1) is 15.1. The van der Waals surface area contributed by atoms with Crippen LogP contribution in [0, 0.1) is 11.6 Å². The minimum Gasteiger partial charge on any atom is -0.478 e. The summed E-state index contributed by atoms with van der Waals surface area (Å²) >= 11 is 3.11. The largest absolute Gasteiger partial charge is 0.478 e. The van der Waals surface area contributed by atoms with Crippen LogP contribution in [0.4, 0.5) is 14.5 Å². The van der Waals surface area contributed by atoms with Gasteiger partial charge < -0.3 is 10.4 Å². The third-order valence-electron chi connectivity index (χ3n) is 2.63. The lowest BCUT2D eigenvalue weighted by molar-refractivity contribution is 0.0698. The van der Waals surface area contributed by atoms with Gasteiger partial charge in [0.1, 0.15) is 11.6 Å². The smallest absolute Gasteiger partial charge is 0.337 e. The molecule has 7 heteroatoms. The molecular formula is C14H8BrF2NO3. The number of benzene rings is 2. The minimum atomic E-state index is -1.26. The number of nitrogens with one attached hydrogen (secondary N) is 1. The Morgan fingerprint density at radius 3 is 2.43 bits per heavy atom. The topological polar surface area (TPSA) is 66.4 Å². The van der Waals surface area contributed by atoms with Gasteiger partial charge in [-0.2, -0.15) is 0 Å². The van der Waals surface area contributed by atoms with E-state index in [0.29, 0.717) is 4.47 Å². The maximum absolute atomic E-state index is 13.5. The second kappa shape index (κ2) is 6.01. The number of carboxylic acids is 1. The van der Waals surface area contributed by atoms with Gasteiger partial charge in [0, 0.05) is 4.47 Å². The van der Waals surface area contributed by atoms with Gasteiger partial charge >= 0.3 is 5.97 Å². The number of amides is 1. The number of carbonyl (C=O) groups excluding carboxylic acids is 1. The van der Waals surface area contributed by atoms with E-state index < -0.39 is 29.1 Å². The van der Waals surface area contributed by atoms with Gasteiger partial charge in [0.15, 0.2) is 0 Å². The van der Waals surface area contributed by atoms with Crippen LogP contribution in [0.3, 0.4) is 0 Å². The molecule has 2 N–H and O–H groups in total. The SMILES string of the molecule is O=C(Nc1ccc(Br)cc1C(=O)O)c1cc(F)ccc1F. The fourth-order valence-corrected chi connectivity index (χ4v) is 2.02. The van der Waals surface area contributed by atoms with Crippen molar-refractivity contribution >= 4 is 33.5 Å². The molecule has 0 atom stereocenters. The molecule has 0 aliphatic rings. The number of carbonyl (C=O) groups is 2. The highest BCUT2D eigenvalue weighted by Crippen LogP contribution is 2.22. The molecule has 2 aromatic rings. The molecule has 1 amide bonds. The van der Waals surface area contributed by atoms with Gasteiger partial charge in [-0.3, -0.25) is 4.79 Å². The maximum atomic E-state index is 13.5. The highest BCUT2D eigenvalue weighted by atomic mass is 79.9. The summed E-state index contributed by atoms with van der Waals surface area (Å²) in [6.07, 6.45) is 0. The molecule has 21 heavy (non-hydrogen) atoms. The van der Waals surface area contributed by atoms with E-state index in [-0.39, 0.29) is 11.3 Å². The number of aromatic carboxylic acids is 1. The molecular weight excluding hydrogens is 348 g/mol. The zero-order chi connectivity index (χ0) is 15.6. The van der Waals surface area contributed by atoms with Crippen LogP contribution in [0.15, 0.2) is 40.9 Å². The lowest BCUT2D eigenvalue weighted by Crippen LogP contribution is -2.16. The Kier molecular flexibility index (Phi) is 4.32. The third-order valence-corrected chi connectivity index (χ3v) is 3.13. The predicted octanol–water partition coefficient (Wildman–Crippen LogP) is 3.68. The zero-order valence-electron chi connectivity index (χ0n) is 10.4. The van der Waals surface area contributed by atoms with Crippen LogP contribution < -0.4 is 5.32 Å². The van der Waals surface area contributed by atoms with Gasteiger partial charge in [-0.15, -0.1) is 0 Å². The van der Waals surface area contributed by atoms with Gasteiger partial charge in [0.2, 0.25) is 0 Å². The Labute approximate surface area is 126 Å². The number of halogens is 3. The van der Waals surface area contributed by atoms with Crippen LogP contribution in [-0.2, 0) is 0 Å². The molecule has 0 bridgehead atoms. The fraction of sp³-hybridized carbons (Fsp3) is 0. The van der Waals surface area contributed by atoms with Crippen LogP contribution in [0.5, 0.6) is 0 Å². The van der Waals surface area contributed by atoms with Crippen molar-refractivity contribution in [1.29, 1.82) is 0 Å². The summed E-state index contributed by atoms with van der Waals surface area (Å²) < 4.78 is 27.1. The van der Waals surface area contributed by atoms with E-state index >= 15 is 0 Å². The van der Waals surface area contributed by atoms with Crippen molar-refractivity contribution in [3.63, 3.8) is 0 Å². The van der Waals surface area contributed by atoms with Crippen LogP contribution in [0.25, 0.3) is 0 Å². The zero-order valence-corrected chi connectivity index (χ0v) is 11.9. The fourth-order valence-electron chi connectivity index (χ4n) is 1.66. The lowest BCUT2D eigenvalue weighted by Gasteiger charge is -2.09. The van der Waals surface area contributed by atoms with Gasteiger partial charge in [-0.1, -0.05) is 15.9 Å². The van der Waals surface area contributed by atoms with Crippen LogP contribution in [-0.4, -0.2) is 17.0 Å². The molecule has 0 spiro atoms. The highest BCUT2D eigenvalue weighted by Gasteiger charge is 2.17. The maximum Gasteiger partial charge on any atom is 0.337 e. The van der Waals surface area contributed by atoms with E-state index in [1.165, 1.54) is 18.2 Å². The average molecular weight is 356 g/mol. The second-order valence-corrected chi connectivity index (χ2v) is 4.99.